The van der Waals surface area contributed by atoms with Crippen LogP contribution in [-0.4, -0.2) is 44.4 Å². The van der Waals surface area contributed by atoms with Gasteiger partial charge in [0.15, 0.2) is 0 Å². The van der Waals surface area contributed by atoms with Crippen molar-refractivity contribution >= 4 is 28.9 Å². The predicted molar refractivity (Wildman–Crippen MR) is 130 cm³/mol. The van der Waals surface area contributed by atoms with Crippen molar-refractivity contribution in [2.45, 2.75) is 39.5 Å². The van der Waals surface area contributed by atoms with Crippen LogP contribution in [0.4, 0.5) is 0 Å². The molecule has 0 saturated heterocycles. The van der Waals surface area contributed by atoms with E-state index in [2.05, 4.69) is 36.1 Å². The van der Waals surface area contributed by atoms with E-state index in [1.807, 2.05) is 35.7 Å². The molecule has 0 unspecified atom stereocenters. The Balaban J connectivity index is 1.71. The van der Waals surface area contributed by atoms with E-state index in [-0.39, 0.29) is 5.56 Å². The zero-order chi connectivity index (χ0) is 22.7. The molecule has 0 spiro atoms. The van der Waals surface area contributed by atoms with E-state index >= 15 is 0 Å². The van der Waals surface area contributed by atoms with E-state index in [1.54, 1.807) is 16.4 Å². The summed E-state index contributed by atoms with van der Waals surface area (Å²) in [6.45, 7) is 4.56. The topological polar surface area (TPSA) is 56.7 Å². The fourth-order valence-corrected chi connectivity index (χ4v) is 4.28. The van der Waals surface area contributed by atoms with Gasteiger partial charge in [0.1, 0.15) is 0 Å². The van der Waals surface area contributed by atoms with Crippen molar-refractivity contribution in [2.75, 3.05) is 20.8 Å². The van der Waals surface area contributed by atoms with Crippen molar-refractivity contribution < 1.29 is 4.74 Å². The molecule has 168 valence electrons. The highest BCUT2D eigenvalue weighted by Gasteiger charge is 2.16. The highest BCUT2D eigenvalue weighted by atomic mass is 32.1. The number of para-hydroxylation sites is 1. The van der Waals surface area contributed by atoms with E-state index in [0.717, 1.165) is 24.9 Å². The Bertz CT molecular complexity index is 1340. The summed E-state index contributed by atoms with van der Waals surface area (Å²) in [7, 11) is 3.71. The lowest BCUT2D eigenvalue weighted by atomic mass is 10.1. The summed E-state index contributed by atoms with van der Waals surface area (Å²) >= 11 is 5.81. The van der Waals surface area contributed by atoms with E-state index in [4.69, 9.17) is 22.1 Å². The van der Waals surface area contributed by atoms with Crippen LogP contribution >= 0.6 is 12.2 Å². The minimum atomic E-state index is -0.0549. The molecule has 7 nitrogen and oxygen atoms in total. The van der Waals surface area contributed by atoms with E-state index < -0.39 is 0 Å². The maximum atomic E-state index is 13.2. The van der Waals surface area contributed by atoms with Crippen molar-refractivity contribution in [1.29, 1.82) is 0 Å². The Labute approximate surface area is 192 Å². The first-order valence-electron chi connectivity index (χ1n) is 10.9. The molecule has 0 radical (unpaired) electrons. The van der Waals surface area contributed by atoms with Crippen LogP contribution < -0.4 is 5.56 Å². The van der Waals surface area contributed by atoms with Crippen LogP contribution in [0.15, 0.2) is 53.3 Å². The highest BCUT2D eigenvalue weighted by Crippen LogP contribution is 2.15. The van der Waals surface area contributed by atoms with Crippen molar-refractivity contribution in [3.8, 4) is 0 Å². The van der Waals surface area contributed by atoms with Crippen molar-refractivity contribution in [3.05, 3.63) is 74.8 Å². The van der Waals surface area contributed by atoms with Gasteiger partial charge in [0.05, 0.1) is 17.6 Å². The monoisotopic (exact) mass is 451 g/mol. The van der Waals surface area contributed by atoms with Gasteiger partial charge in [0.2, 0.25) is 10.5 Å². The molecule has 0 saturated carbocycles. The van der Waals surface area contributed by atoms with Crippen LogP contribution in [0, 0.1) is 4.77 Å². The average molecular weight is 452 g/mol. The molecule has 0 aliphatic carbocycles. The third-order valence-electron chi connectivity index (χ3n) is 5.67. The Hall–Kier alpha value is -2.81. The van der Waals surface area contributed by atoms with Crippen molar-refractivity contribution in [1.82, 2.24) is 23.6 Å². The number of nitrogens with zero attached hydrogens (tertiary/aromatic N) is 5. The van der Waals surface area contributed by atoms with Gasteiger partial charge in [-0.2, -0.15) is 0 Å². The molecular formula is C24H29N5O2S. The molecule has 0 amide bonds. The second-order valence-corrected chi connectivity index (χ2v) is 8.43. The fourth-order valence-electron chi connectivity index (χ4n) is 4.00. The Morgan fingerprint density at radius 2 is 1.81 bits per heavy atom. The lowest BCUT2D eigenvalue weighted by Crippen LogP contribution is -2.24. The second kappa shape index (κ2) is 9.77. The number of benzene rings is 2. The summed E-state index contributed by atoms with van der Waals surface area (Å²) in [4.78, 5) is 15.4. The lowest BCUT2D eigenvalue weighted by molar-refractivity contribution is 0.190. The molecule has 0 aliphatic rings. The zero-order valence-electron chi connectivity index (χ0n) is 18.8. The summed E-state index contributed by atoms with van der Waals surface area (Å²) < 4.78 is 11.2. The lowest BCUT2D eigenvalue weighted by Gasteiger charge is -2.16. The minimum Gasteiger partial charge on any atom is -0.385 e. The summed E-state index contributed by atoms with van der Waals surface area (Å²) in [6, 6.07) is 16.2. The van der Waals surface area contributed by atoms with Gasteiger partial charge < -0.3 is 4.74 Å². The van der Waals surface area contributed by atoms with Gasteiger partial charge in [0.25, 0.3) is 5.56 Å². The zero-order valence-corrected chi connectivity index (χ0v) is 19.6. The van der Waals surface area contributed by atoms with Crippen LogP contribution in [0.3, 0.4) is 0 Å². The minimum absolute atomic E-state index is 0.0549. The van der Waals surface area contributed by atoms with Crippen molar-refractivity contribution in [3.63, 3.8) is 0 Å². The van der Waals surface area contributed by atoms with E-state index in [1.165, 1.54) is 11.1 Å². The Morgan fingerprint density at radius 1 is 1.09 bits per heavy atom. The van der Waals surface area contributed by atoms with Crippen LogP contribution in [0.1, 0.15) is 24.5 Å². The normalized spacial score (nSPS) is 11.8. The van der Waals surface area contributed by atoms with Gasteiger partial charge in [0, 0.05) is 26.8 Å². The molecule has 32 heavy (non-hydrogen) atoms. The molecule has 2 aromatic carbocycles. The molecule has 0 aliphatic heterocycles. The fraction of sp³-hybridized carbons (Fsp3) is 0.375. The summed E-state index contributed by atoms with van der Waals surface area (Å²) in [5, 5.41) is 5.40. The summed E-state index contributed by atoms with van der Waals surface area (Å²) in [5.41, 5.74) is 3.30. The average Bonchev–Trinajstić information content (AvgIpc) is 3.12. The van der Waals surface area contributed by atoms with Gasteiger partial charge in [-0.15, -0.1) is 5.10 Å². The third kappa shape index (κ3) is 4.39. The van der Waals surface area contributed by atoms with Crippen molar-refractivity contribution in [2.24, 2.45) is 0 Å². The molecule has 2 aromatic heterocycles. The van der Waals surface area contributed by atoms with Gasteiger partial charge in [-0.3, -0.25) is 18.7 Å². The van der Waals surface area contributed by atoms with Crippen LogP contribution in [0.2, 0.25) is 0 Å². The second-order valence-electron chi connectivity index (χ2n) is 8.06. The van der Waals surface area contributed by atoms with Crippen LogP contribution in [-0.2, 0) is 30.9 Å². The largest absolute Gasteiger partial charge is 0.385 e. The molecule has 2 heterocycles. The van der Waals surface area contributed by atoms with Gasteiger partial charge in [-0.1, -0.05) is 43.3 Å². The SMILES string of the molecule is CCc1ccc(CN(C)Cn2nc3n(CCCOC)c(=O)c4ccccc4n3c2=S)cc1. The molecule has 4 aromatic rings. The number of aromatic nitrogens is 4. The number of hydrogen-bond acceptors (Lipinski definition) is 5. The Kier molecular flexibility index (Phi) is 6.83. The summed E-state index contributed by atoms with van der Waals surface area (Å²) in [6.07, 6.45) is 1.75. The molecule has 4 rings (SSSR count). The van der Waals surface area contributed by atoms with E-state index in [9.17, 15) is 4.79 Å². The number of fused-ring (bicyclic) bond motifs is 3. The van der Waals surface area contributed by atoms with E-state index in [0.29, 0.717) is 35.8 Å². The predicted octanol–water partition coefficient (Wildman–Crippen LogP) is 3.87. The van der Waals surface area contributed by atoms with Crippen LogP contribution in [0.5, 0.6) is 0 Å². The molecule has 8 heteroatoms. The molecular weight excluding hydrogens is 422 g/mol. The number of methoxy groups -OCH3 is 1. The molecule has 0 atom stereocenters. The van der Waals surface area contributed by atoms with Crippen LogP contribution in [0.25, 0.3) is 16.7 Å². The third-order valence-corrected chi connectivity index (χ3v) is 6.07. The number of aryl methyl sites for hydroxylation is 2. The number of hydrogen-bond donors (Lipinski definition) is 0. The van der Waals surface area contributed by atoms with Gasteiger partial charge >= 0.3 is 0 Å². The molecule has 0 N–H and O–H groups in total. The highest BCUT2D eigenvalue weighted by molar-refractivity contribution is 7.71. The Morgan fingerprint density at radius 3 is 2.53 bits per heavy atom. The van der Waals surface area contributed by atoms with Gasteiger partial charge in [-0.25, -0.2) is 4.68 Å². The molecule has 0 fully saturated rings. The maximum absolute atomic E-state index is 13.2. The van der Waals surface area contributed by atoms with Gasteiger partial charge in [-0.05, 0) is 55.4 Å². The standard InChI is InChI=1S/C24H29N5O2S/c1-4-18-10-12-19(13-11-18)16-26(2)17-28-24(32)29-21-9-6-5-8-20(21)22(30)27(23(29)25-28)14-7-15-31-3/h5-6,8-13H,4,7,14-17H2,1-3H3. The maximum Gasteiger partial charge on any atom is 0.262 e. The number of rotatable bonds is 9. The first kappa shape index (κ1) is 22.4. The first-order chi connectivity index (χ1) is 15.5. The summed E-state index contributed by atoms with van der Waals surface area (Å²) in [5.74, 6) is 0.565. The first-order valence-corrected chi connectivity index (χ1v) is 11.3. The number of ether oxygens (including phenoxy) is 1. The molecule has 0 bridgehead atoms. The quantitative estimate of drug-likeness (QED) is 0.286. The smallest absolute Gasteiger partial charge is 0.262 e.